The maximum atomic E-state index is 9.83. The molecule has 13 heavy (non-hydrogen) atoms. The van der Waals surface area contributed by atoms with E-state index >= 15 is 0 Å². The summed E-state index contributed by atoms with van der Waals surface area (Å²) < 4.78 is 5.54. The minimum atomic E-state index is -0.194. The molecule has 1 saturated carbocycles. The second kappa shape index (κ2) is 4.43. The van der Waals surface area contributed by atoms with Crippen LogP contribution in [-0.2, 0) is 4.74 Å². The van der Waals surface area contributed by atoms with Crippen LogP contribution >= 0.6 is 0 Å². The third-order valence-corrected chi connectivity index (χ3v) is 3.21. The van der Waals surface area contributed by atoms with Crippen molar-refractivity contribution in [1.29, 1.82) is 0 Å². The summed E-state index contributed by atoms with van der Waals surface area (Å²) >= 11 is 0. The highest BCUT2D eigenvalue weighted by Gasteiger charge is 2.26. The van der Waals surface area contributed by atoms with E-state index in [-0.39, 0.29) is 12.2 Å². The topological polar surface area (TPSA) is 29.5 Å². The van der Waals surface area contributed by atoms with Crippen molar-refractivity contribution in [2.45, 2.75) is 57.2 Å². The summed E-state index contributed by atoms with van der Waals surface area (Å²) in [6, 6.07) is 0. The van der Waals surface area contributed by atoms with Crippen molar-refractivity contribution in [3.8, 4) is 0 Å². The number of aliphatic hydroxyl groups is 1. The van der Waals surface area contributed by atoms with Crippen molar-refractivity contribution >= 4 is 0 Å². The molecule has 0 radical (unpaired) electrons. The zero-order valence-corrected chi connectivity index (χ0v) is 8.24. The van der Waals surface area contributed by atoms with Crippen LogP contribution in [0.3, 0.4) is 0 Å². The van der Waals surface area contributed by atoms with Gasteiger partial charge in [0.25, 0.3) is 0 Å². The minimum absolute atomic E-state index is 0.146. The van der Waals surface area contributed by atoms with Gasteiger partial charge in [-0.25, -0.2) is 0 Å². The molecule has 0 aromatic rings. The van der Waals surface area contributed by atoms with E-state index in [9.17, 15) is 5.11 Å². The van der Waals surface area contributed by atoms with E-state index in [0.29, 0.717) is 0 Å². The van der Waals surface area contributed by atoms with Crippen LogP contribution in [0.5, 0.6) is 0 Å². The van der Waals surface area contributed by atoms with Gasteiger partial charge in [0.05, 0.1) is 12.2 Å². The monoisotopic (exact) mass is 184 g/mol. The second-order valence-corrected chi connectivity index (χ2v) is 4.49. The van der Waals surface area contributed by atoms with E-state index in [0.717, 1.165) is 25.4 Å². The van der Waals surface area contributed by atoms with Gasteiger partial charge in [-0.2, -0.15) is 0 Å². The van der Waals surface area contributed by atoms with Gasteiger partial charge in [0.2, 0.25) is 0 Å². The number of hydrogen-bond acceptors (Lipinski definition) is 2. The zero-order valence-electron chi connectivity index (χ0n) is 8.24. The molecule has 2 atom stereocenters. The highest BCUT2D eigenvalue weighted by Crippen LogP contribution is 2.34. The Labute approximate surface area is 80.3 Å². The Morgan fingerprint density at radius 1 is 1.23 bits per heavy atom. The zero-order chi connectivity index (χ0) is 9.10. The molecule has 0 aromatic carbocycles. The van der Waals surface area contributed by atoms with Gasteiger partial charge in [-0.1, -0.05) is 12.8 Å². The van der Waals surface area contributed by atoms with E-state index in [2.05, 4.69) is 0 Å². The molecule has 1 aliphatic heterocycles. The summed E-state index contributed by atoms with van der Waals surface area (Å²) in [6.07, 6.45) is 8.35. The molecule has 1 N–H and O–H groups in total. The Balaban J connectivity index is 1.64. The third kappa shape index (κ3) is 2.96. The second-order valence-electron chi connectivity index (χ2n) is 4.49. The molecule has 2 fully saturated rings. The van der Waals surface area contributed by atoms with Gasteiger partial charge >= 0.3 is 0 Å². The van der Waals surface area contributed by atoms with Crippen LogP contribution in [0.2, 0.25) is 0 Å². The van der Waals surface area contributed by atoms with Crippen molar-refractivity contribution in [1.82, 2.24) is 0 Å². The van der Waals surface area contributed by atoms with Crippen LogP contribution in [-0.4, -0.2) is 23.9 Å². The molecule has 0 bridgehead atoms. The van der Waals surface area contributed by atoms with Gasteiger partial charge in [0.1, 0.15) is 0 Å². The lowest BCUT2D eigenvalue weighted by molar-refractivity contribution is -0.0651. The fourth-order valence-electron chi connectivity index (χ4n) is 2.07. The Morgan fingerprint density at radius 2 is 2.08 bits per heavy atom. The molecule has 2 nitrogen and oxygen atoms in total. The van der Waals surface area contributed by atoms with Crippen molar-refractivity contribution in [3.05, 3.63) is 0 Å². The summed E-state index contributed by atoms with van der Waals surface area (Å²) in [6.45, 7) is 0.852. The molecule has 2 aliphatic rings. The maximum absolute atomic E-state index is 9.83. The number of hydrogen-bond donors (Lipinski definition) is 1. The molecular formula is C11H20O2. The van der Waals surface area contributed by atoms with Gasteiger partial charge in [0, 0.05) is 6.61 Å². The van der Waals surface area contributed by atoms with Gasteiger partial charge < -0.3 is 9.84 Å². The molecule has 2 heteroatoms. The van der Waals surface area contributed by atoms with E-state index in [4.69, 9.17) is 4.74 Å². The first-order chi connectivity index (χ1) is 6.36. The van der Waals surface area contributed by atoms with Gasteiger partial charge in [-0.3, -0.25) is 0 Å². The largest absolute Gasteiger partial charge is 0.390 e. The van der Waals surface area contributed by atoms with Gasteiger partial charge in [-0.05, 0) is 38.0 Å². The molecule has 2 rings (SSSR count). The van der Waals surface area contributed by atoms with Crippen molar-refractivity contribution in [3.63, 3.8) is 0 Å². The highest BCUT2D eigenvalue weighted by molar-refractivity contribution is 4.78. The van der Waals surface area contributed by atoms with Crippen molar-refractivity contribution < 1.29 is 9.84 Å². The fraction of sp³-hybridized carbons (Fsp3) is 1.00. The lowest BCUT2D eigenvalue weighted by atomic mass is 10.00. The summed E-state index contributed by atoms with van der Waals surface area (Å²) in [5, 5.41) is 9.83. The first kappa shape index (κ1) is 9.47. The Morgan fingerprint density at radius 3 is 2.69 bits per heavy atom. The first-order valence-electron chi connectivity index (χ1n) is 5.66. The summed E-state index contributed by atoms with van der Waals surface area (Å²) in [5.41, 5.74) is 0. The number of rotatable bonds is 4. The van der Waals surface area contributed by atoms with Crippen molar-refractivity contribution in [2.75, 3.05) is 6.61 Å². The number of ether oxygens (including phenoxy) is 1. The van der Waals surface area contributed by atoms with Crippen LogP contribution in [0, 0.1) is 5.92 Å². The molecular weight excluding hydrogens is 164 g/mol. The minimum Gasteiger partial charge on any atom is -0.390 e. The van der Waals surface area contributed by atoms with Crippen LogP contribution in [0.1, 0.15) is 44.9 Å². The molecule has 1 saturated heterocycles. The Kier molecular flexibility index (Phi) is 3.23. The molecule has 1 heterocycles. The van der Waals surface area contributed by atoms with Crippen LogP contribution < -0.4 is 0 Å². The van der Waals surface area contributed by atoms with Crippen LogP contribution in [0.25, 0.3) is 0 Å². The van der Waals surface area contributed by atoms with E-state index in [1.165, 1.54) is 32.1 Å². The van der Waals surface area contributed by atoms with Crippen molar-refractivity contribution in [2.24, 2.45) is 5.92 Å². The normalized spacial score (nSPS) is 31.6. The van der Waals surface area contributed by atoms with E-state index in [1.807, 2.05) is 0 Å². The average Bonchev–Trinajstić information content (AvgIpc) is 2.99. The molecule has 1 aliphatic carbocycles. The summed E-state index contributed by atoms with van der Waals surface area (Å²) in [7, 11) is 0. The standard InChI is InChI=1S/C11H20O2/c12-10(7-6-9-4-5-9)11-3-1-2-8-13-11/h9-12H,1-8H2. The summed E-state index contributed by atoms with van der Waals surface area (Å²) in [4.78, 5) is 0. The number of aliphatic hydroxyl groups excluding tert-OH is 1. The predicted octanol–water partition coefficient (Wildman–Crippen LogP) is 2.11. The lowest BCUT2D eigenvalue weighted by Gasteiger charge is -2.27. The Hall–Kier alpha value is -0.0800. The quantitative estimate of drug-likeness (QED) is 0.725. The molecule has 0 amide bonds. The molecule has 76 valence electrons. The molecule has 0 spiro atoms. The van der Waals surface area contributed by atoms with Gasteiger partial charge in [-0.15, -0.1) is 0 Å². The highest BCUT2D eigenvalue weighted by atomic mass is 16.5. The summed E-state index contributed by atoms with van der Waals surface area (Å²) in [5.74, 6) is 0.929. The molecule has 2 unspecified atom stereocenters. The fourth-order valence-corrected chi connectivity index (χ4v) is 2.07. The third-order valence-electron chi connectivity index (χ3n) is 3.21. The SMILES string of the molecule is OC(CCC1CC1)C1CCCCO1. The Bertz CT molecular complexity index is 148. The molecule has 0 aromatic heterocycles. The van der Waals surface area contributed by atoms with Crippen LogP contribution in [0.4, 0.5) is 0 Å². The van der Waals surface area contributed by atoms with E-state index < -0.39 is 0 Å². The first-order valence-corrected chi connectivity index (χ1v) is 5.66. The lowest BCUT2D eigenvalue weighted by Crippen LogP contribution is -2.32. The predicted molar refractivity (Wildman–Crippen MR) is 51.6 cm³/mol. The smallest absolute Gasteiger partial charge is 0.0833 e. The van der Waals surface area contributed by atoms with E-state index in [1.54, 1.807) is 0 Å². The maximum Gasteiger partial charge on any atom is 0.0833 e. The van der Waals surface area contributed by atoms with Gasteiger partial charge in [0.15, 0.2) is 0 Å². The van der Waals surface area contributed by atoms with Crippen LogP contribution in [0.15, 0.2) is 0 Å². The average molecular weight is 184 g/mol.